The van der Waals surface area contributed by atoms with Crippen LogP contribution in [0.2, 0.25) is 0 Å². The van der Waals surface area contributed by atoms with Gasteiger partial charge in [-0.3, -0.25) is 9.08 Å². The molecule has 0 radical (unpaired) electrons. The van der Waals surface area contributed by atoms with Gasteiger partial charge >= 0.3 is 0 Å². The fourth-order valence-electron chi connectivity index (χ4n) is 5.24. The van der Waals surface area contributed by atoms with Crippen LogP contribution in [0, 0.1) is 12.5 Å². The van der Waals surface area contributed by atoms with Gasteiger partial charge in [0.05, 0.1) is 49.9 Å². The fraction of sp³-hybridized carbons (Fsp3) is 0.321. The molecule has 0 bridgehead atoms. The number of pyridine rings is 1. The Kier molecular flexibility index (Phi) is 6.45. The topological polar surface area (TPSA) is 98.0 Å². The fourth-order valence-corrected chi connectivity index (χ4v) is 5.24. The van der Waals surface area contributed by atoms with Crippen LogP contribution in [0.15, 0.2) is 55.2 Å². The van der Waals surface area contributed by atoms with Gasteiger partial charge < -0.3 is 14.7 Å². The number of benzene rings is 1. The van der Waals surface area contributed by atoms with Gasteiger partial charge in [-0.25, -0.2) is 19.8 Å². The van der Waals surface area contributed by atoms with Crippen molar-refractivity contribution in [3.05, 3.63) is 66.7 Å². The number of piperidine rings is 1. The van der Waals surface area contributed by atoms with E-state index in [0.29, 0.717) is 30.6 Å². The minimum absolute atomic E-state index is 0.169. The Hall–Kier alpha value is -4.33. The molecule has 6 rings (SSSR count). The van der Waals surface area contributed by atoms with Gasteiger partial charge in [0, 0.05) is 43.2 Å². The van der Waals surface area contributed by atoms with E-state index in [1.807, 2.05) is 29.8 Å². The van der Waals surface area contributed by atoms with Crippen molar-refractivity contribution in [3.8, 4) is 28.4 Å². The Bertz CT molecular complexity index is 1630. The van der Waals surface area contributed by atoms with Gasteiger partial charge in [0.2, 0.25) is 5.88 Å². The molecule has 5 aromatic rings. The van der Waals surface area contributed by atoms with Crippen LogP contribution in [0.5, 0.6) is 5.88 Å². The van der Waals surface area contributed by atoms with Gasteiger partial charge in [-0.2, -0.15) is 5.10 Å². The average molecular weight is 509 g/mol. The van der Waals surface area contributed by atoms with E-state index < -0.39 is 0 Å². The summed E-state index contributed by atoms with van der Waals surface area (Å²) in [7, 11) is 1.87. The molecule has 1 fully saturated rings. The molecule has 0 aliphatic carbocycles. The van der Waals surface area contributed by atoms with E-state index in [4.69, 9.17) is 16.3 Å². The second kappa shape index (κ2) is 10.2. The normalized spacial score (nSPS) is 16.2. The highest BCUT2D eigenvalue weighted by atomic mass is 16.5. The first-order valence-electron chi connectivity index (χ1n) is 12.7. The van der Waals surface area contributed by atoms with E-state index in [1.165, 1.54) is 0 Å². The number of nitrogens with zero attached hydrogens (tertiary/aromatic N) is 8. The Morgan fingerprint density at radius 1 is 1.16 bits per heavy atom. The van der Waals surface area contributed by atoms with Crippen molar-refractivity contribution in [1.82, 2.24) is 34.0 Å². The molecule has 10 nitrogen and oxygen atoms in total. The number of imidazole rings is 1. The average Bonchev–Trinajstić information content (AvgIpc) is 3.59. The molecular weight excluding hydrogens is 480 g/mol. The highest BCUT2D eigenvalue weighted by Crippen LogP contribution is 2.36. The molecule has 1 aliphatic heterocycles. The summed E-state index contributed by atoms with van der Waals surface area (Å²) in [5.41, 5.74) is 5.45. The van der Waals surface area contributed by atoms with Crippen LogP contribution in [0.25, 0.3) is 43.9 Å². The summed E-state index contributed by atoms with van der Waals surface area (Å²) in [6.07, 6.45) is 9.34. The van der Waals surface area contributed by atoms with Crippen molar-refractivity contribution >= 4 is 22.2 Å². The monoisotopic (exact) mass is 508 g/mol. The molecule has 1 atom stereocenters. The van der Waals surface area contributed by atoms with E-state index in [9.17, 15) is 5.11 Å². The van der Waals surface area contributed by atoms with Gasteiger partial charge in [-0.05, 0) is 31.0 Å². The molecule has 1 saturated heterocycles. The van der Waals surface area contributed by atoms with E-state index >= 15 is 0 Å². The number of ether oxygens (including phenoxy) is 1. The number of fused-ring (bicyclic) bond motifs is 2. The third kappa shape index (κ3) is 4.47. The summed E-state index contributed by atoms with van der Waals surface area (Å²) in [5.74, 6) is 0.878. The number of hydrogen-bond acceptors (Lipinski definition) is 7. The zero-order chi connectivity index (χ0) is 26.1. The highest BCUT2D eigenvalue weighted by Gasteiger charge is 2.23. The summed E-state index contributed by atoms with van der Waals surface area (Å²) in [5, 5.41) is 14.6. The summed E-state index contributed by atoms with van der Waals surface area (Å²) in [6, 6.07) is 9.48. The zero-order valence-corrected chi connectivity index (χ0v) is 21.2. The number of aryl methyl sites for hydroxylation is 1. The number of β-amino-alcohol motifs (C(OH)–C–C–N with tert-alkyl or cyclic N) is 1. The lowest BCUT2D eigenvalue weighted by atomic mass is 9.99. The molecule has 0 amide bonds. The first-order chi connectivity index (χ1) is 18.6. The lowest BCUT2D eigenvalue weighted by molar-refractivity contribution is 0.110. The molecule has 0 saturated carbocycles. The van der Waals surface area contributed by atoms with Gasteiger partial charge in [-0.1, -0.05) is 24.3 Å². The number of rotatable bonds is 7. The largest absolute Gasteiger partial charge is 0.476 e. The van der Waals surface area contributed by atoms with Crippen molar-refractivity contribution in [3.63, 3.8) is 0 Å². The number of aliphatic hydroxyl groups excluding tert-OH is 1. The van der Waals surface area contributed by atoms with Crippen molar-refractivity contribution in [2.45, 2.75) is 12.8 Å². The Labute approximate surface area is 220 Å². The number of aliphatic hydroxyl groups is 1. The molecule has 4 aromatic heterocycles. The van der Waals surface area contributed by atoms with Crippen LogP contribution in [-0.4, -0.2) is 72.0 Å². The van der Waals surface area contributed by atoms with Crippen LogP contribution in [0.3, 0.4) is 0 Å². The number of likely N-dealkylation sites (tertiary alicyclic amines) is 1. The van der Waals surface area contributed by atoms with Gasteiger partial charge in [0.1, 0.15) is 5.52 Å². The molecule has 0 unspecified atom stereocenters. The summed E-state index contributed by atoms with van der Waals surface area (Å²) < 4.78 is 10.1. The summed E-state index contributed by atoms with van der Waals surface area (Å²) >= 11 is 0. The van der Waals surface area contributed by atoms with Gasteiger partial charge in [-0.15, -0.1) is 0 Å². The van der Waals surface area contributed by atoms with Crippen molar-refractivity contribution in [2.75, 3.05) is 32.8 Å². The first kappa shape index (κ1) is 24.0. The SMILES string of the molecule is [C-]#[N+]c1ccc(-c2nc(OC[C@@H]3CCCN(CCO)C3)c3cncn3c2-c2cnc3c(cnn3C)c2)cc1. The second-order valence-corrected chi connectivity index (χ2v) is 9.67. The molecule has 5 heterocycles. The minimum Gasteiger partial charge on any atom is -0.476 e. The molecular formula is C28H28N8O2. The number of aromatic nitrogens is 6. The maximum absolute atomic E-state index is 9.34. The number of hydrogen-bond donors (Lipinski definition) is 1. The summed E-state index contributed by atoms with van der Waals surface area (Å²) in [6.45, 7) is 10.6. The van der Waals surface area contributed by atoms with Crippen molar-refractivity contribution in [1.29, 1.82) is 0 Å². The summed E-state index contributed by atoms with van der Waals surface area (Å²) in [4.78, 5) is 20.0. The molecule has 1 aromatic carbocycles. The minimum atomic E-state index is 0.169. The van der Waals surface area contributed by atoms with Gasteiger partial charge in [0.15, 0.2) is 11.3 Å². The van der Waals surface area contributed by atoms with Gasteiger partial charge in [0.25, 0.3) is 0 Å². The van der Waals surface area contributed by atoms with Crippen molar-refractivity contribution in [2.24, 2.45) is 13.0 Å². The van der Waals surface area contributed by atoms with E-state index in [0.717, 1.165) is 65.0 Å². The van der Waals surface area contributed by atoms with E-state index in [1.54, 1.807) is 35.5 Å². The molecule has 38 heavy (non-hydrogen) atoms. The lowest BCUT2D eigenvalue weighted by Gasteiger charge is -2.32. The Morgan fingerprint density at radius 3 is 2.84 bits per heavy atom. The van der Waals surface area contributed by atoms with Crippen molar-refractivity contribution < 1.29 is 9.84 Å². The molecule has 1 aliphatic rings. The maximum Gasteiger partial charge on any atom is 0.240 e. The third-order valence-electron chi connectivity index (χ3n) is 7.13. The quantitative estimate of drug-likeness (QED) is 0.332. The molecule has 10 heteroatoms. The van der Waals surface area contributed by atoms with Crippen LogP contribution in [0.4, 0.5) is 5.69 Å². The van der Waals surface area contributed by atoms with Crippen LogP contribution in [-0.2, 0) is 7.05 Å². The predicted molar refractivity (Wildman–Crippen MR) is 144 cm³/mol. The standard InChI is InChI=1S/C28H28N8O2/c1-29-23-7-5-20(6-8-23)25-26(21-12-22-14-32-34(2)27(22)31-13-21)36-18-30-15-24(36)28(33-25)38-17-19-4-3-9-35(16-19)10-11-37/h5-8,12-15,18-19,37H,3-4,9-11,16-17H2,2H3/t19-/m1/s1. The maximum atomic E-state index is 9.34. The molecule has 192 valence electrons. The van der Waals surface area contributed by atoms with Crippen LogP contribution in [0.1, 0.15) is 12.8 Å². The zero-order valence-electron chi connectivity index (χ0n) is 21.2. The molecule has 0 spiro atoms. The Morgan fingerprint density at radius 2 is 2.03 bits per heavy atom. The van der Waals surface area contributed by atoms with Crippen LogP contribution < -0.4 is 4.74 Å². The second-order valence-electron chi connectivity index (χ2n) is 9.67. The first-order valence-corrected chi connectivity index (χ1v) is 12.7. The van der Waals surface area contributed by atoms with Crippen LogP contribution >= 0.6 is 0 Å². The highest BCUT2D eigenvalue weighted by molar-refractivity contribution is 5.87. The Balaban J connectivity index is 1.44. The predicted octanol–water partition coefficient (Wildman–Crippen LogP) is 3.98. The lowest BCUT2D eigenvalue weighted by Crippen LogP contribution is -2.39. The smallest absolute Gasteiger partial charge is 0.240 e. The molecule has 1 N–H and O–H groups in total. The third-order valence-corrected chi connectivity index (χ3v) is 7.13. The van der Waals surface area contributed by atoms with E-state index in [2.05, 4.69) is 30.9 Å². The van der Waals surface area contributed by atoms with E-state index in [-0.39, 0.29) is 6.61 Å².